The van der Waals surface area contributed by atoms with Gasteiger partial charge in [-0.2, -0.15) is 0 Å². The molecular formula is C35H43ClFN5O7S. The SMILES string of the molecule is C=CC[C@H](NC(=O)[C@@H]1C[C@@H](OCCc2ccc(Cl)cc2F)CN1C(=O)[C@@H](CCC1CCNCC1)NS(C)(=O)=O)C(=O)c1nc2ccccc2o1. The first-order chi connectivity index (χ1) is 23.9. The van der Waals surface area contributed by atoms with Crippen LogP contribution >= 0.6 is 11.6 Å². The number of halogens is 2. The Labute approximate surface area is 296 Å². The zero-order valence-electron chi connectivity index (χ0n) is 27.9. The van der Waals surface area contributed by atoms with Crippen molar-refractivity contribution in [1.82, 2.24) is 25.2 Å². The molecule has 4 atom stereocenters. The lowest BCUT2D eigenvalue weighted by Gasteiger charge is -2.30. The summed E-state index contributed by atoms with van der Waals surface area (Å²) in [7, 11) is -3.79. The number of carbonyl (C=O) groups is 3. The molecule has 0 bridgehead atoms. The number of benzene rings is 2. The molecule has 2 aromatic carbocycles. The lowest BCUT2D eigenvalue weighted by Crippen LogP contribution is -2.55. The molecule has 270 valence electrons. The number of ether oxygens (including phenoxy) is 1. The van der Waals surface area contributed by atoms with Crippen LogP contribution in [0, 0.1) is 11.7 Å². The predicted octanol–water partition coefficient (Wildman–Crippen LogP) is 3.79. The molecule has 50 heavy (non-hydrogen) atoms. The number of ketones is 1. The van der Waals surface area contributed by atoms with Gasteiger partial charge in [-0.3, -0.25) is 14.4 Å². The number of amides is 2. The van der Waals surface area contributed by atoms with Gasteiger partial charge in [-0.25, -0.2) is 22.5 Å². The van der Waals surface area contributed by atoms with Crippen molar-refractivity contribution in [3.05, 3.63) is 77.4 Å². The third-order valence-corrected chi connectivity index (χ3v) is 10.1. The molecule has 3 heterocycles. The van der Waals surface area contributed by atoms with E-state index >= 15 is 0 Å². The Balaban J connectivity index is 1.34. The number of aromatic nitrogens is 1. The maximum absolute atomic E-state index is 14.4. The Morgan fingerprint density at radius 1 is 1.20 bits per heavy atom. The number of carbonyl (C=O) groups excluding carboxylic acids is 3. The minimum absolute atomic E-state index is 0.0134. The van der Waals surface area contributed by atoms with Crippen LogP contribution in [-0.2, 0) is 30.8 Å². The van der Waals surface area contributed by atoms with Gasteiger partial charge in [0.25, 0.3) is 5.89 Å². The largest absolute Gasteiger partial charge is 0.434 e. The van der Waals surface area contributed by atoms with Crippen molar-refractivity contribution < 1.29 is 36.3 Å². The van der Waals surface area contributed by atoms with Crippen LogP contribution in [0.5, 0.6) is 0 Å². The predicted molar refractivity (Wildman–Crippen MR) is 187 cm³/mol. The molecule has 0 spiro atoms. The van der Waals surface area contributed by atoms with Gasteiger partial charge in [0, 0.05) is 18.0 Å². The molecule has 0 radical (unpaired) electrons. The Hall–Kier alpha value is -3.69. The second-order valence-corrected chi connectivity index (χ2v) is 15.1. The van der Waals surface area contributed by atoms with Gasteiger partial charge in [-0.05, 0) is 87.4 Å². The molecule has 2 aliphatic rings. The van der Waals surface area contributed by atoms with E-state index in [9.17, 15) is 27.2 Å². The number of hydrogen-bond acceptors (Lipinski definition) is 9. The normalized spacial score (nSPS) is 19.7. The fourth-order valence-electron chi connectivity index (χ4n) is 6.53. The monoisotopic (exact) mass is 731 g/mol. The topological polar surface area (TPSA) is 160 Å². The van der Waals surface area contributed by atoms with Crippen molar-refractivity contribution in [3.63, 3.8) is 0 Å². The van der Waals surface area contributed by atoms with Crippen LogP contribution in [0.15, 0.2) is 59.5 Å². The summed E-state index contributed by atoms with van der Waals surface area (Å²) in [5.41, 5.74) is 1.30. The van der Waals surface area contributed by atoms with E-state index < -0.39 is 57.7 Å². The van der Waals surface area contributed by atoms with Crippen LogP contribution in [-0.4, -0.2) is 92.6 Å². The van der Waals surface area contributed by atoms with E-state index in [-0.39, 0.29) is 49.7 Å². The molecule has 2 fully saturated rings. The summed E-state index contributed by atoms with van der Waals surface area (Å²) in [5, 5.41) is 6.33. The number of piperidine rings is 1. The summed E-state index contributed by atoms with van der Waals surface area (Å²) in [4.78, 5) is 47.3. The van der Waals surface area contributed by atoms with Crippen LogP contribution in [0.25, 0.3) is 11.1 Å². The van der Waals surface area contributed by atoms with Gasteiger partial charge in [-0.15, -0.1) is 6.58 Å². The van der Waals surface area contributed by atoms with E-state index in [0.717, 1.165) is 32.2 Å². The van der Waals surface area contributed by atoms with E-state index in [0.29, 0.717) is 29.0 Å². The molecule has 3 N–H and O–H groups in total. The van der Waals surface area contributed by atoms with E-state index in [1.165, 1.54) is 17.0 Å². The highest BCUT2D eigenvalue weighted by Crippen LogP contribution is 2.26. The van der Waals surface area contributed by atoms with E-state index in [4.69, 9.17) is 20.8 Å². The van der Waals surface area contributed by atoms with E-state index in [1.54, 1.807) is 36.4 Å². The third kappa shape index (κ3) is 9.97. The van der Waals surface area contributed by atoms with Gasteiger partial charge in [0.2, 0.25) is 27.6 Å². The van der Waals surface area contributed by atoms with E-state index in [1.807, 2.05) is 0 Å². The number of hydrogen-bond donors (Lipinski definition) is 3. The number of oxazole rings is 1. The van der Waals surface area contributed by atoms with E-state index in [2.05, 4.69) is 26.9 Å². The average molecular weight is 732 g/mol. The minimum Gasteiger partial charge on any atom is -0.434 e. The van der Waals surface area contributed by atoms with Crippen molar-refractivity contribution in [1.29, 1.82) is 0 Å². The van der Waals surface area contributed by atoms with Crippen LogP contribution in [0.3, 0.4) is 0 Å². The molecule has 2 saturated heterocycles. The Morgan fingerprint density at radius 2 is 1.96 bits per heavy atom. The van der Waals surface area contributed by atoms with Crippen molar-refractivity contribution in [2.45, 2.75) is 69.2 Å². The number of likely N-dealkylation sites (tertiary alicyclic amines) is 1. The molecule has 0 unspecified atom stereocenters. The Bertz CT molecular complexity index is 1770. The Kier molecular flexibility index (Phi) is 12.8. The number of para-hydroxylation sites is 2. The molecule has 2 aliphatic heterocycles. The van der Waals surface area contributed by atoms with Gasteiger partial charge >= 0.3 is 0 Å². The summed E-state index contributed by atoms with van der Waals surface area (Å²) < 4.78 is 53.4. The number of nitrogens with zero attached hydrogens (tertiary/aromatic N) is 2. The Morgan fingerprint density at radius 3 is 2.66 bits per heavy atom. The lowest BCUT2D eigenvalue weighted by atomic mass is 9.91. The maximum atomic E-state index is 14.4. The maximum Gasteiger partial charge on any atom is 0.266 e. The highest BCUT2D eigenvalue weighted by atomic mass is 35.5. The molecule has 1 aromatic heterocycles. The first kappa shape index (κ1) is 37.6. The summed E-state index contributed by atoms with van der Waals surface area (Å²) in [6.45, 7) is 5.51. The van der Waals surface area contributed by atoms with Crippen LogP contribution in [0.2, 0.25) is 5.02 Å². The molecule has 0 aliphatic carbocycles. The fraction of sp³-hybridized carbons (Fsp3) is 0.486. The number of nitrogens with one attached hydrogen (secondary N) is 3. The molecule has 12 nitrogen and oxygen atoms in total. The number of rotatable bonds is 16. The van der Waals surface area contributed by atoms with Gasteiger partial charge in [0.15, 0.2) is 5.58 Å². The third-order valence-electron chi connectivity index (χ3n) is 9.11. The lowest BCUT2D eigenvalue weighted by molar-refractivity contribution is -0.140. The first-order valence-corrected chi connectivity index (χ1v) is 19.0. The average Bonchev–Trinajstić information content (AvgIpc) is 3.72. The van der Waals surface area contributed by atoms with Crippen molar-refractivity contribution >= 4 is 50.3 Å². The molecular weight excluding hydrogens is 689 g/mol. The standard InChI is InChI=1S/C35H43ClFN5O7S/c1-3-6-28(32(43)34-40-27-7-4-5-8-31(27)49-34)39-33(44)30-20-25(48-18-15-23-10-11-24(36)19-26(23)37)21-42(30)35(45)29(41-50(2,46)47)12-9-22-13-16-38-17-14-22/h3-5,7-8,10-11,19,22,25,28-30,38,41H,1,6,9,12-18,20-21H2,2H3,(H,39,44)/t25-,28+,29-,30+/m1/s1. The first-order valence-electron chi connectivity index (χ1n) is 16.8. The number of Topliss-reactive ketones (excluding diaryl/α,β-unsaturated/α-hetero) is 1. The smallest absolute Gasteiger partial charge is 0.266 e. The van der Waals surface area contributed by atoms with Gasteiger partial charge in [-0.1, -0.05) is 35.9 Å². The van der Waals surface area contributed by atoms with Crippen LogP contribution in [0.1, 0.15) is 54.8 Å². The van der Waals surface area contributed by atoms with Crippen molar-refractivity contribution in [2.24, 2.45) is 5.92 Å². The quantitative estimate of drug-likeness (QED) is 0.147. The summed E-state index contributed by atoms with van der Waals surface area (Å²) in [5.74, 6) is -2.08. The number of sulfonamides is 1. The second-order valence-electron chi connectivity index (χ2n) is 12.9. The van der Waals surface area contributed by atoms with Crippen LogP contribution < -0.4 is 15.4 Å². The van der Waals surface area contributed by atoms with Crippen molar-refractivity contribution in [2.75, 3.05) is 32.5 Å². The summed E-state index contributed by atoms with van der Waals surface area (Å²) in [6, 6.07) is 7.96. The fourth-order valence-corrected chi connectivity index (χ4v) is 7.42. The van der Waals surface area contributed by atoms with Gasteiger partial charge in [0.05, 0.1) is 19.0 Å². The zero-order chi connectivity index (χ0) is 35.8. The summed E-state index contributed by atoms with van der Waals surface area (Å²) in [6.07, 6.45) is 4.90. The minimum atomic E-state index is -3.79. The number of fused-ring (bicyclic) bond motifs is 1. The van der Waals surface area contributed by atoms with Gasteiger partial charge in [0.1, 0.15) is 29.5 Å². The molecule has 2 amide bonds. The van der Waals surface area contributed by atoms with Crippen molar-refractivity contribution in [3.8, 4) is 0 Å². The molecule has 5 rings (SSSR count). The molecule has 3 aromatic rings. The van der Waals surface area contributed by atoms with Gasteiger partial charge < -0.3 is 24.7 Å². The summed E-state index contributed by atoms with van der Waals surface area (Å²) >= 11 is 5.88. The highest BCUT2D eigenvalue weighted by Gasteiger charge is 2.43. The highest BCUT2D eigenvalue weighted by molar-refractivity contribution is 7.88. The zero-order valence-corrected chi connectivity index (χ0v) is 29.5. The molecule has 15 heteroatoms. The molecule has 0 saturated carbocycles. The van der Waals surface area contributed by atoms with Crippen LogP contribution in [0.4, 0.5) is 4.39 Å². The second kappa shape index (κ2) is 17.0.